The molecule has 0 bridgehead atoms. The Kier molecular flexibility index (Phi) is 6.78. The summed E-state index contributed by atoms with van der Waals surface area (Å²) in [6.45, 7) is 2.50. The monoisotopic (exact) mass is 402 g/mol. The second-order valence-corrected chi connectivity index (χ2v) is 8.04. The maximum atomic E-state index is 12.9. The summed E-state index contributed by atoms with van der Waals surface area (Å²) in [5.41, 5.74) is 2.02. The molecule has 3 rings (SSSR count). The number of aromatic nitrogens is 2. The zero-order valence-corrected chi connectivity index (χ0v) is 16.3. The van der Waals surface area contributed by atoms with Crippen LogP contribution in [-0.4, -0.2) is 21.9 Å². The van der Waals surface area contributed by atoms with Crippen molar-refractivity contribution in [3.8, 4) is 0 Å². The van der Waals surface area contributed by atoms with Crippen molar-refractivity contribution in [1.82, 2.24) is 15.5 Å². The molecule has 5 nitrogen and oxygen atoms in total. The first kappa shape index (κ1) is 19.3. The summed E-state index contributed by atoms with van der Waals surface area (Å²) in [4.78, 5) is 12.1. The molecule has 1 aromatic heterocycles. The maximum Gasteiger partial charge on any atom is 0.230 e. The third-order valence-electron chi connectivity index (χ3n) is 3.77. The van der Waals surface area contributed by atoms with Crippen molar-refractivity contribution in [1.29, 1.82) is 0 Å². The number of nitrogens with one attached hydrogen (secondary N) is 2. The SMILES string of the molecule is CC(NC(=O)CSc1nnc(NCc2ccc(F)cc2)s1)c1ccccc1. The Morgan fingerprint density at radius 3 is 2.63 bits per heavy atom. The number of carbonyl (C=O) groups is 1. The molecule has 0 aliphatic heterocycles. The minimum Gasteiger partial charge on any atom is -0.356 e. The van der Waals surface area contributed by atoms with Gasteiger partial charge >= 0.3 is 0 Å². The van der Waals surface area contributed by atoms with E-state index in [1.165, 1.54) is 35.2 Å². The summed E-state index contributed by atoms with van der Waals surface area (Å²) >= 11 is 2.74. The van der Waals surface area contributed by atoms with Gasteiger partial charge in [-0.15, -0.1) is 10.2 Å². The van der Waals surface area contributed by atoms with Gasteiger partial charge in [0.25, 0.3) is 0 Å². The molecule has 0 saturated heterocycles. The molecule has 0 aliphatic carbocycles. The van der Waals surface area contributed by atoms with Crippen molar-refractivity contribution in [3.05, 3.63) is 71.5 Å². The number of rotatable bonds is 8. The maximum absolute atomic E-state index is 12.9. The molecule has 8 heteroatoms. The quantitative estimate of drug-likeness (QED) is 0.551. The molecule has 3 aromatic rings. The molecule has 1 unspecified atom stereocenters. The number of benzene rings is 2. The first-order valence-electron chi connectivity index (χ1n) is 8.39. The third kappa shape index (κ3) is 6.04. The van der Waals surface area contributed by atoms with E-state index < -0.39 is 0 Å². The van der Waals surface area contributed by atoms with Gasteiger partial charge in [0.1, 0.15) is 5.82 Å². The number of nitrogens with zero attached hydrogens (tertiary/aromatic N) is 2. The van der Waals surface area contributed by atoms with Crippen molar-refractivity contribution in [2.45, 2.75) is 23.8 Å². The van der Waals surface area contributed by atoms with Gasteiger partial charge in [0.15, 0.2) is 4.34 Å². The molecule has 0 aliphatic rings. The van der Waals surface area contributed by atoms with Crippen LogP contribution in [0, 0.1) is 5.82 Å². The predicted octanol–water partition coefficient (Wildman–Crippen LogP) is 4.26. The summed E-state index contributed by atoms with van der Waals surface area (Å²) in [5, 5.41) is 14.9. The smallest absolute Gasteiger partial charge is 0.230 e. The fraction of sp³-hybridized carbons (Fsp3) is 0.211. The van der Waals surface area contributed by atoms with Gasteiger partial charge in [-0.05, 0) is 30.2 Å². The van der Waals surface area contributed by atoms with E-state index in [0.717, 1.165) is 15.5 Å². The van der Waals surface area contributed by atoms with E-state index in [-0.39, 0.29) is 23.5 Å². The lowest BCUT2D eigenvalue weighted by atomic mass is 10.1. The molecule has 0 spiro atoms. The molecule has 0 radical (unpaired) electrons. The van der Waals surface area contributed by atoms with E-state index >= 15 is 0 Å². The molecule has 27 heavy (non-hydrogen) atoms. The van der Waals surface area contributed by atoms with E-state index in [4.69, 9.17) is 0 Å². The lowest BCUT2D eigenvalue weighted by Gasteiger charge is -2.13. The van der Waals surface area contributed by atoms with Crippen LogP contribution >= 0.6 is 23.1 Å². The number of anilines is 1. The van der Waals surface area contributed by atoms with Gasteiger partial charge in [-0.3, -0.25) is 4.79 Å². The Hall–Kier alpha value is -2.45. The Morgan fingerprint density at radius 2 is 1.89 bits per heavy atom. The summed E-state index contributed by atoms with van der Waals surface area (Å²) < 4.78 is 13.6. The third-order valence-corrected chi connectivity index (χ3v) is 5.78. The highest BCUT2D eigenvalue weighted by molar-refractivity contribution is 8.01. The van der Waals surface area contributed by atoms with Crippen LogP contribution < -0.4 is 10.6 Å². The lowest BCUT2D eigenvalue weighted by molar-refractivity contribution is -0.119. The summed E-state index contributed by atoms with van der Waals surface area (Å²) in [7, 11) is 0. The number of hydrogen-bond acceptors (Lipinski definition) is 6. The van der Waals surface area contributed by atoms with Gasteiger partial charge in [0.2, 0.25) is 11.0 Å². The summed E-state index contributed by atoms with van der Waals surface area (Å²) in [6, 6.07) is 16.1. The van der Waals surface area contributed by atoms with Crippen molar-refractivity contribution in [2.24, 2.45) is 0 Å². The second-order valence-electron chi connectivity index (χ2n) is 5.84. The van der Waals surface area contributed by atoms with Crippen molar-refractivity contribution in [2.75, 3.05) is 11.1 Å². The van der Waals surface area contributed by atoms with Crippen LogP contribution in [-0.2, 0) is 11.3 Å². The molecular formula is C19H19FN4OS2. The molecule has 0 fully saturated rings. The Labute approximate surface area is 165 Å². The molecular weight excluding hydrogens is 383 g/mol. The Bertz CT molecular complexity index is 871. The molecule has 2 N–H and O–H groups in total. The highest BCUT2D eigenvalue weighted by Crippen LogP contribution is 2.26. The van der Waals surface area contributed by atoms with E-state index in [9.17, 15) is 9.18 Å². The van der Waals surface area contributed by atoms with Crippen LogP contribution in [0.4, 0.5) is 9.52 Å². The van der Waals surface area contributed by atoms with Crippen LogP contribution in [0.1, 0.15) is 24.1 Å². The number of carbonyl (C=O) groups excluding carboxylic acids is 1. The summed E-state index contributed by atoms with van der Waals surface area (Å²) in [5.74, 6) is -0.0235. The highest BCUT2D eigenvalue weighted by Gasteiger charge is 2.11. The zero-order chi connectivity index (χ0) is 19.1. The molecule has 140 valence electrons. The normalized spacial score (nSPS) is 11.8. The zero-order valence-electron chi connectivity index (χ0n) is 14.7. The minimum absolute atomic E-state index is 0.0401. The van der Waals surface area contributed by atoms with E-state index in [1.807, 2.05) is 37.3 Å². The van der Waals surface area contributed by atoms with E-state index in [1.54, 1.807) is 12.1 Å². The van der Waals surface area contributed by atoms with Crippen LogP contribution in [0.5, 0.6) is 0 Å². The minimum atomic E-state index is -0.256. The van der Waals surface area contributed by atoms with Gasteiger partial charge in [0.05, 0.1) is 11.8 Å². The average Bonchev–Trinajstić information content (AvgIpc) is 3.14. The van der Waals surface area contributed by atoms with Crippen LogP contribution in [0.15, 0.2) is 58.9 Å². The van der Waals surface area contributed by atoms with Crippen molar-refractivity contribution in [3.63, 3.8) is 0 Å². The van der Waals surface area contributed by atoms with Gasteiger partial charge in [-0.1, -0.05) is 65.6 Å². The second kappa shape index (κ2) is 9.48. The standard InChI is InChI=1S/C19H19FN4OS2/c1-13(15-5-3-2-4-6-15)22-17(25)12-26-19-24-23-18(27-19)21-11-14-7-9-16(20)10-8-14/h2-10,13H,11-12H2,1H3,(H,21,23)(H,22,25). The number of amides is 1. The predicted molar refractivity (Wildman–Crippen MR) is 107 cm³/mol. The number of halogens is 1. The van der Waals surface area contributed by atoms with Gasteiger partial charge in [-0.2, -0.15) is 0 Å². The molecule has 0 saturated carbocycles. The Morgan fingerprint density at radius 1 is 1.15 bits per heavy atom. The topological polar surface area (TPSA) is 66.9 Å². The lowest BCUT2D eigenvalue weighted by Crippen LogP contribution is -2.28. The molecule has 2 aromatic carbocycles. The Balaban J connectivity index is 1.43. The number of thioether (sulfide) groups is 1. The van der Waals surface area contributed by atoms with Crippen LogP contribution in [0.25, 0.3) is 0 Å². The van der Waals surface area contributed by atoms with Crippen LogP contribution in [0.2, 0.25) is 0 Å². The van der Waals surface area contributed by atoms with Gasteiger partial charge in [0, 0.05) is 6.54 Å². The number of hydrogen-bond donors (Lipinski definition) is 2. The molecule has 1 heterocycles. The van der Waals surface area contributed by atoms with Crippen LogP contribution in [0.3, 0.4) is 0 Å². The van der Waals surface area contributed by atoms with E-state index in [2.05, 4.69) is 20.8 Å². The fourth-order valence-electron chi connectivity index (χ4n) is 2.35. The first-order valence-corrected chi connectivity index (χ1v) is 10.2. The first-order chi connectivity index (χ1) is 13.1. The average molecular weight is 403 g/mol. The largest absolute Gasteiger partial charge is 0.356 e. The summed E-state index contributed by atoms with van der Waals surface area (Å²) in [6.07, 6.45) is 0. The molecule has 1 atom stereocenters. The fourth-order valence-corrected chi connectivity index (χ4v) is 3.91. The van der Waals surface area contributed by atoms with Gasteiger partial charge in [-0.25, -0.2) is 4.39 Å². The van der Waals surface area contributed by atoms with Gasteiger partial charge < -0.3 is 10.6 Å². The van der Waals surface area contributed by atoms with E-state index in [0.29, 0.717) is 11.7 Å². The van der Waals surface area contributed by atoms with Crippen molar-refractivity contribution < 1.29 is 9.18 Å². The molecule has 1 amide bonds. The highest BCUT2D eigenvalue weighted by atomic mass is 32.2. The van der Waals surface area contributed by atoms with Crippen molar-refractivity contribution >= 4 is 34.1 Å².